The molecule has 0 amide bonds. The van der Waals surface area contributed by atoms with E-state index in [1.807, 2.05) is 0 Å². The van der Waals surface area contributed by atoms with Gasteiger partial charge in [-0.3, -0.25) is 0 Å². The van der Waals surface area contributed by atoms with Crippen LogP contribution in [0.5, 0.6) is 0 Å². The molecular weight excluding hydrogens is 959 g/mol. The molecule has 12 aromatic carbocycles. The summed E-state index contributed by atoms with van der Waals surface area (Å²) in [4.78, 5) is 9.55. The highest BCUT2D eigenvalue weighted by molar-refractivity contribution is 6.13. The Kier molecular flexibility index (Phi) is 12.3. The van der Waals surface area contributed by atoms with Crippen molar-refractivity contribution >= 4 is 106 Å². The van der Waals surface area contributed by atoms with Crippen LogP contribution in [0.4, 0.5) is 62.6 Å². The molecule has 0 atom stereocenters. The third-order valence-electron chi connectivity index (χ3n) is 15.3. The fourth-order valence-corrected chi connectivity index (χ4v) is 11.7. The van der Waals surface area contributed by atoms with Crippen LogP contribution in [0.25, 0.3) is 49.0 Å². The molecule has 0 radical (unpaired) electrons. The Morgan fingerprint density at radius 2 is 0.633 bits per heavy atom. The van der Waals surface area contributed by atoms with Crippen LogP contribution in [0.15, 0.2) is 315 Å². The highest BCUT2D eigenvalue weighted by Crippen LogP contribution is 2.47. The second-order valence-corrected chi connectivity index (χ2v) is 20.1. The molecule has 376 valence electrons. The molecule has 0 spiro atoms. The van der Waals surface area contributed by atoms with E-state index in [-0.39, 0.29) is 0 Å². The Morgan fingerprint density at radius 1 is 0.266 bits per heavy atom. The van der Waals surface area contributed by atoms with Crippen LogP contribution in [0.1, 0.15) is 12.8 Å². The fourth-order valence-electron chi connectivity index (χ4n) is 11.7. The summed E-state index contributed by atoms with van der Waals surface area (Å²) in [6, 6.07) is 106. The molecule has 0 bridgehead atoms. The average molecular weight is 1010 g/mol. The van der Waals surface area contributed by atoms with Crippen molar-refractivity contribution in [2.45, 2.75) is 12.8 Å². The largest absolute Gasteiger partial charge is 0.311 e. The summed E-state index contributed by atoms with van der Waals surface area (Å²) in [5.74, 6) is 0. The number of para-hydroxylation sites is 4. The van der Waals surface area contributed by atoms with Gasteiger partial charge in [0, 0.05) is 84.1 Å². The summed E-state index contributed by atoms with van der Waals surface area (Å²) in [5.41, 5.74) is 16.5. The Bertz CT molecular complexity index is 4310. The highest BCUT2D eigenvalue weighted by atomic mass is 15.2. The van der Waals surface area contributed by atoms with Gasteiger partial charge in [-0.1, -0.05) is 158 Å². The number of benzene rings is 12. The van der Waals surface area contributed by atoms with Crippen LogP contribution in [0.3, 0.4) is 0 Å². The maximum absolute atomic E-state index is 2.44. The number of hydrogen-bond donors (Lipinski definition) is 0. The first-order valence-corrected chi connectivity index (χ1v) is 27.2. The highest BCUT2D eigenvalue weighted by Gasteiger charge is 2.23. The zero-order valence-corrected chi connectivity index (χ0v) is 43.6. The van der Waals surface area contributed by atoms with E-state index in [2.05, 4.69) is 334 Å². The van der Waals surface area contributed by atoms with E-state index in [1.54, 1.807) is 0 Å². The van der Waals surface area contributed by atoms with Gasteiger partial charge in [-0.25, -0.2) is 0 Å². The van der Waals surface area contributed by atoms with E-state index >= 15 is 0 Å². The van der Waals surface area contributed by atoms with Crippen molar-refractivity contribution in [3.8, 4) is 5.69 Å². The lowest BCUT2D eigenvalue weighted by atomic mass is 10.0. The quantitative estimate of drug-likeness (QED) is 0.114. The summed E-state index contributed by atoms with van der Waals surface area (Å²) in [5, 5.41) is 7.03. The molecule has 13 aromatic rings. The molecule has 0 aliphatic heterocycles. The molecule has 1 aliphatic carbocycles. The number of hydrogen-bond acceptors (Lipinski definition) is 4. The van der Waals surface area contributed by atoms with Crippen LogP contribution in [-0.2, 0) is 0 Å². The summed E-state index contributed by atoms with van der Waals surface area (Å²) in [7, 11) is 0. The second kappa shape index (κ2) is 20.6. The van der Waals surface area contributed by atoms with E-state index in [1.165, 1.54) is 27.2 Å². The molecule has 79 heavy (non-hydrogen) atoms. The topological polar surface area (TPSA) is 17.9 Å². The SMILES string of the molecule is C1=CC(N(c2ccccc2)c2ccc(N(c3ccc4c(c3)c3cc(N(c5ccc(N(c6ccccc6)c6ccccc6)cc5)c5cccc6ccccc56)ccc3n4-c3ccccc3)c3cccc4ccccc34)cc2)=CCC1. The lowest BCUT2D eigenvalue weighted by Gasteiger charge is -2.30. The number of aromatic nitrogens is 1. The van der Waals surface area contributed by atoms with Gasteiger partial charge in [-0.15, -0.1) is 0 Å². The minimum atomic E-state index is 1.02. The first-order chi connectivity index (χ1) is 39.2. The number of nitrogens with zero attached hydrogens (tertiary/aromatic N) is 5. The first kappa shape index (κ1) is 47.1. The van der Waals surface area contributed by atoms with Crippen molar-refractivity contribution < 1.29 is 0 Å². The Morgan fingerprint density at radius 3 is 1.09 bits per heavy atom. The van der Waals surface area contributed by atoms with Gasteiger partial charge in [0.2, 0.25) is 0 Å². The van der Waals surface area contributed by atoms with Crippen molar-refractivity contribution in [3.63, 3.8) is 0 Å². The zero-order chi connectivity index (χ0) is 52.5. The minimum absolute atomic E-state index is 1.02. The molecule has 0 unspecified atom stereocenters. The molecule has 5 heteroatoms. The smallest absolute Gasteiger partial charge is 0.0542 e. The summed E-state index contributed by atoms with van der Waals surface area (Å²) in [6.45, 7) is 0. The maximum atomic E-state index is 2.44. The van der Waals surface area contributed by atoms with E-state index < -0.39 is 0 Å². The summed E-state index contributed by atoms with van der Waals surface area (Å²) in [6.07, 6.45) is 8.95. The van der Waals surface area contributed by atoms with Crippen molar-refractivity contribution in [2.24, 2.45) is 0 Å². The van der Waals surface area contributed by atoms with E-state index in [4.69, 9.17) is 0 Å². The van der Waals surface area contributed by atoms with Crippen molar-refractivity contribution in [1.29, 1.82) is 0 Å². The number of fused-ring (bicyclic) bond motifs is 5. The maximum Gasteiger partial charge on any atom is 0.0542 e. The fraction of sp³-hybridized carbons (Fsp3) is 0.0270. The van der Waals surface area contributed by atoms with Crippen molar-refractivity contribution in [2.75, 3.05) is 19.6 Å². The number of anilines is 11. The van der Waals surface area contributed by atoms with Gasteiger partial charge >= 0.3 is 0 Å². The molecule has 0 saturated carbocycles. The van der Waals surface area contributed by atoms with Crippen LogP contribution < -0.4 is 19.6 Å². The summed E-state index contributed by atoms with van der Waals surface area (Å²) < 4.78 is 2.42. The average Bonchev–Trinajstić information content (AvgIpc) is 4.11. The van der Waals surface area contributed by atoms with E-state index in [0.717, 1.165) is 103 Å². The molecule has 14 rings (SSSR count). The standard InChI is InChI=1S/C74H55N5/c1-6-26-56(27-7-1)75(57-28-8-2-9-29-57)61-40-44-63(45-41-61)77(71-38-20-24-54-22-16-18-36-67(54)71)65-48-50-73-69(52-65)70-53-66(49-51-74(70)79(73)60-34-14-5-15-35-60)78(72-39-21-25-55-23-17-19-37-68(55)72)64-46-42-62(43-47-64)76(58-30-10-3-11-31-58)59-32-12-4-13-33-59/h1-3,5-12,14-53H,4,13H2. The lowest BCUT2D eigenvalue weighted by molar-refractivity contribution is 0.997. The minimum Gasteiger partial charge on any atom is -0.311 e. The van der Waals surface area contributed by atoms with Crippen LogP contribution in [0.2, 0.25) is 0 Å². The normalized spacial score (nSPS) is 12.2. The lowest BCUT2D eigenvalue weighted by Crippen LogP contribution is -2.16. The predicted octanol–water partition coefficient (Wildman–Crippen LogP) is 20.9. The van der Waals surface area contributed by atoms with E-state index in [9.17, 15) is 0 Å². The third kappa shape index (κ3) is 8.83. The van der Waals surface area contributed by atoms with Crippen molar-refractivity contribution in [1.82, 2.24) is 4.57 Å². The first-order valence-electron chi connectivity index (χ1n) is 27.2. The van der Waals surface area contributed by atoms with Gasteiger partial charge in [0.25, 0.3) is 0 Å². The number of allylic oxidation sites excluding steroid dienone is 3. The zero-order valence-electron chi connectivity index (χ0n) is 43.6. The Balaban J connectivity index is 0.955. The Labute approximate surface area is 461 Å². The van der Waals surface area contributed by atoms with Gasteiger partial charge in [0.15, 0.2) is 0 Å². The van der Waals surface area contributed by atoms with Crippen LogP contribution in [-0.4, -0.2) is 4.57 Å². The Hall–Kier alpha value is -10.4. The number of rotatable bonds is 13. The predicted molar refractivity (Wildman–Crippen MR) is 335 cm³/mol. The third-order valence-corrected chi connectivity index (χ3v) is 15.3. The molecule has 0 fully saturated rings. The molecule has 0 N–H and O–H groups in total. The summed E-state index contributed by atoms with van der Waals surface area (Å²) >= 11 is 0. The monoisotopic (exact) mass is 1010 g/mol. The van der Waals surface area contributed by atoms with E-state index in [0.29, 0.717) is 0 Å². The molecule has 0 saturated heterocycles. The van der Waals surface area contributed by atoms with Gasteiger partial charge in [0.05, 0.1) is 22.4 Å². The van der Waals surface area contributed by atoms with Crippen LogP contribution >= 0.6 is 0 Å². The molecule has 5 nitrogen and oxygen atoms in total. The van der Waals surface area contributed by atoms with Crippen molar-refractivity contribution in [3.05, 3.63) is 315 Å². The molecular formula is C74H55N5. The van der Waals surface area contributed by atoms with Gasteiger partial charge in [0.1, 0.15) is 0 Å². The molecule has 1 aliphatic rings. The van der Waals surface area contributed by atoms with Gasteiger partial charge < -0.3 is 24.2 Å². The molecule has 1 aromatic heterocycles. The van der Waals surface area contributed by atoms with Gasteiger partial charge in [-0.05, 0) is 175 Å². The van der Waals surface area contributed by atoms with Gasteiger partial charge in [-0.2, -0.15) is 0 Å². The molecule has 1 heterocycles. The second-order valence-electron chi connectivity index (χ2n) is 20.1. The van der Waals surface area contributed by atoms with Crippen LogP contribution in [0, 0.1) is 0 Å².